The van der Waals surface area contributed by atoms with Gasteiger partial charge in [0.15, 0.2) is 0 Å². The van der Waals surface area contributed by atoms with Crippen molar-refractivity contribution in [3.05, 3.63) is 22.7 Å². The topological polar surface area (TPSA) is 41.1 Å². The van der Waals surface area contributed by atoms with Gasteiger partial charge in [-0.15, -0.1) is 0 Å². The highest BCUT2D eigenvalue weighted by atomic mass is 79.9. The smallest absolute Gasteiger partial charge is 0.226 e. The molecule has 0 bridgehead atoms. The summed E-state index contributed by atoms with van der Waals surface area (Å²) in [5, 5.41) is 6.14. The first kappa shape index (κ1) is 9.52. The standard InChI is InChI=1S/C10H11BrN2O/c1-6-4-10(14)13-8-3-2-7(11)5-9(8)12-6/h2-3,5-6,12H,4H2,1H3,(H,13,14). The summed E-state index contributed by atoms with van der Waals surface area (Å²) in [5.41, 5.74) is 1.82. The third-order valence-electron chi connectivity index (χ3n) is 2.15. The van der Waals surface area contributed by atoms with Crippen LogP contribution >= 0.6 is 15.9 Å². The number of benzene rings is 1. The summed E-state index contributed by atoms with van der Waals surface area (Å²) >= 11 is 3.40. The maximum absolute atomic E-state index is 11.4. The molecule has 1 unspecified atom stereocenters. The van der Waals surface area contributed by atoms with Gasteiger partial charge in [0.1, 0.15) is 0 Å². The van der Waals surface area contributed by atoms with E-state index in [-0.39, 0.29) is 11.9 Å². The summed E-state index contributed by atoms with van der Waals surface area (Å²) in [7, 11) is 0. The van der Waals surface area contributed by atoms with Crippen LogP contribution in [0.4, 0.5) is 11.4 Å². The van der Waals surface area contributed by atoms with Crippen LogP contribution in [0.1, 0.15) is 13.3 Å². The molecule has 1 aromatic carbocycles. The summed E-state index contributed by atoms with van der Waals surface area (Å²) < 4.78 is 1.01. The fraction of sp³-hybridized carbons (Fsp3) is 0.300. The van der Waals surface area contributed by atoms with E-state index < -0.39 is 0 Å². The van der Waals surface area contributed by atoms with Gasteiger partial charge in [-0.2, -0.15) is 0 Å². The van der Waals surface area contributed by atoms with Crippen LogP contribution in [0, 0.1) is 0 Å². The summed E-state index contributed by atoms with van der Waals surface area (Å²) in [5.74, 6) is 0.0612. The van der Waals surface area contributed by atoms with Gasteiger partial charge in [0.2, 0.25) is 5.91 Å². The molecule has 1 aromatic rings. The SMILES string of the molecule is CC1CC(=O)Nc2ccc(Br)cc2N1. The number of fused-ring (bicyclic) bond motifs is 1. The number of amides is 1. The van der Waals surface area contributed by atoms with Crippen molar-refractivity contribution >= 4 is 33.2 Å². The van der Waals surface area contributed by atoms with E-state index in [4.69, 9.17) is 0 Å². The van der Waals surface area contributed by atoms with Gasteiger partial charge in [-0.25, -0.2) is 0 Å². The maximum Gasteiger partial charge on any atom is 0.226 e. The van der Waals surface area contributed by atoms with Crippen molar-refractivity contribution in [2.45, 2.75) is 19.4 Å². The molecule has 1 atom stereocenters. The molecular weight excluding hydrogens is 244 g/mol. The van der Waals surface area contributed by atoms with E-state index >= 15 is 0 Å². The molecule has 0 radical (unpaired) electrons. The summed E-state index contributed by atoms with van der Waals surface area (Å²) in [6.45, 7) is 2.00. The third kappa shape index (κ3) is 1.90. The Labute approximate surface area is 91.0 Å². The fourth-order valence-electron chi connectivity index (χ4n) is 1.54. The molecule has 0 aliphatic carbocycles. The van der Waals surface area contributed by atoms with E-state index in [9.17, 15) is 4.79 Å². The van der Waals surface area contributed by atoms with E-state index in [0.717, 1.165) is 15.8 Å². The zero-order valence-electron chi connectivity index (χ0n) is 7.80. The Hall–Kier alpha value is -1.03. The molecule has 4 heteroatoms. The average molecular weight is 255 g/mol. The summed E-state index contributed by atoms with van der Waals surface area (Å²) in [4.78, 5) is 11.4. The van der Waals surface area contributed by atoms with E-state index in [1.165, 1.54) is 0 Å². The van der Waals surface area contributed by atoms with Crippen molar-refractivity contribution in [1.82, 2.24) is 0 Å². The number of carbonyl (C=O) groups excluding carboxylic acids is 1. The number of nitrogens with one attached hydrogen (secondary N) is 2. The molecule has 0 aromatic heterocycles. The number of hydrogen-bond donors (Lipinski definition) is 2. The molecule has 1 aliphatic heterocycles. The van der Waals surface area contributed by atoms with Gasteiger partial charge in [0, 0.05) is 16.9 Å². The highest BCUT2D eigenvalue weighted by Gasteiger charge is 2.16. The third-order valence-corrected chi connectivity index (χ3v) is 2.64. The Kier molecular flexibility index (Phi) is 2.46. The lowest BCUT2D eigenvalue weighted by molar-refractivity contribution is -0.116. The van der Waals surface area contributed by atoms with Crippen molar-refractivity contribution in [3.63, 3.8) is 0 Å². The zero-order valence-corrected chi connectivity index (χ0v) is 9.39. The van der Waals surface area contributed by atoms with Crippen molar-refractivity contribution < 1.29 is 4.79 Å². The Morgan fingerprint density at radius 2 is 2.21 bits per heavy atom. The molecule has 1 aliphatic rings. The van der Waals surface area contributed by atoms with Gasteiger partial charge in [-0.3, -0.25) is 4.79 Å². The average Bonchev–Trinajstić information content (AvgIpc) is 2.21. The molecule has 0 saturated carbocycles. The first-order chi connectivity index (χ1) is 6.65. The van der Waals surface area contributed by atoms with Gasteiger partial charge < -0.3 is 10.6 Å². The molecule has 3 nitrogen and oxygen atoms in total. The molecule has 2 rings (SSSR count). The van der Waals surface area contributed by atoms with Crippen molar-refractivity contribution in [1.29, 1.82) is 0 Å². The Balaban J connectivity index is 2.41. The van der Waals surface area contributed by atoms with Crippen LogP contribution in [-0.4, -0.2) is 11.9 Å². The number of anilines is 2. The van der Waals surface area contributed by atoms with E-state index in [1.807, 2.05) is 25.1 Å². The second-order valence-electron chi connectivity index (χ2n) is 3.49. The zero-order chi connectivity index (χ0) is 10.1. The van der Waals surface area contributed by atoms with Gasteiger partial charge in [0.05, 0.1) is 11.4 Å². The molecule has 74 valence electrons. The molecule has 14 heavy (non-hydrogen) atoms. The predicted octanol–water partition coefficient (Wildman–Crippen LogP) is 2.59. The Morgan fingerprint density at radius 1 is 1.43 bits per heavy atom. The maximum atomic E-state index is 11.4. The molecule has 0 fully saturated rings. The second-order valence-corrected chi connectivity index (χ2v) is 4.40. The quantitative estimate of drug-likeness (QED) is 0.748. The van der Waals surface area contributed by atoms with Crippen LogP contribution in [-0.2, 0) is 4.79 Å². The van der Waals surface area contributed by atoms with Crippen LogP contribution in [0.25, 0.3) is 0 Å². The first-order valence-corrected chi connectivity index (χ1v) is 5.30. The number of carbonyl (C=O) groups is 1. The molecule has 2 N–H and O–H groups in total. The Bertz CT molecular complexity index is 378. The molecule has 0 spiro atoms. The second kappa shape index (κ2) is 3.61. The lowest BCUT2D eigenvalue weighted by atomic mass is 10.2. The van der Waals surface area contributed by atoms with Crippen molar-refractivity contribution in [2.24, 2.45) is 0 Å². The van der Waals surface area contributed by atoms with E-state index in [1.54, 1.807) is 0 Å². The fourth-order valence-corrected chi connectivity index (χ4v) is 1.90. The largest absolute Gasteiger partial charge is 0.380 e. The molecular formula is C10H11BrN2O. The molecule has 0 saturated heterocycles. The monoisotopic (exact) mass is 254 g/mol. The minimum atomic E-state index is 0.0612. The highest BCUT2D eigenvalue weighted by molar-refractivity contribution is 9.10. The van der Waals surface area contributed by atoms with Crippen LogP contribution in [0.2, 0.25) is 0 Å². The molecule has 1 amide bonds. The minimum Gasteiger partial charge on any atom is -0.380 e. The number of halogens is 1. The Morgan fingerprint density at radius 3 is 3.00 bits per heavy atom. The summed E-state index contributed by atoms with van der Waals surface area (Å²) in [6, 6.07) is 5.95. The lowest BCUT2D eigenvalue weighted by Gasteiger charge is -2.11. The number of rotatable bonds is 0. The summed E-state index contributed by atoms with van der Waals surface area (Å²) in [6.07, 6.45) is 0.506. The van der Waals surface area contributed by atoms with Gasteiger partial charge in [-0.05, 0) is 25.1 Å². The minimum absolute atomic E-state index is 0.0612. The van der Waals surface area contributed by atoms with Gasteiger partial charge in [-0.1, -0.05) is 15.9 Å². The van der Waals surface area contributed by atoms with Crippen molar-refractivity contribution in [3.8, 4) is 0 Å². The molecule has 1 heterocycles. The highest BCUT2D eigenvalue weighted by Crippen LogP contribution is 2.28. The van der Waals surface area contributed by atoms with E-state index in [0.29, 0.717) is 6.42 Å². The lowest BCUT2D eigenvalue weighted by Crippen LogP contribution is -2.18. The number of hydrogen-bond acceptors (Lipinski definition) is 2. The predicted molar refractivity (Wildman–Crippen MR) is 60.5 cm³/mol. The van der Waals surface area contributed by atoms with E-state index in [2.05, 4.69) is 26.6 Å². The van der Waals surface area contributed by atoms with Gasteiger partial charge >= 0.3 is 0 Å². The van der Waals surface area contributed by atoms with Gasteiger partial charge in [0.25, 0.3) is 0 Å². The van der Waals surface area contributed by atoms with Crippen molar-refractivity contribution in [2.75, 3.05) is 10.6 Å². The van der Waals surface area contributed by atoms with Crippen LogP contribution in [0.3, 0.4) is 0 Å². The van der Waals surface area contributed by atoms with Crippen LogP contribution in [0.5, 0.6) is 0 Å². The first-order valence-electron chi connectivity index (χ1n) is 4.51. The van der Waals surface area contributed by atoms with Crippen LogP contribution < -0.4 is 10.6 Å². The van der Waals surface area contributed by atoms with Crippen LogP contribution in [0.15, 0.2) is 22.7 Å². The normalized spacial score (nSPS) is 20.4.